The molecule has 0 saturated carbocycles. The summed E-state index contributed by atoms with van der Waals surface area (Å²) < 4.78 is 7.49. The molecular weight excluding hydrogens is 338 g/mol. The lowest BCUT2D eigenvalue weighted by atomic mass is 10.0. The van der Waals surface area contributed by atoms with Crippen molar-refractivity contribution >= 4 is 22.9 Å². The van der Waals surface area contributed by atoms with Crippen molar-refractivity contribution in [2.75, 3.05) is 18.5 Å². The number of anilines is 1. The Hall–Kier alpha value is -2.66. The zero-order valence-corrected chi connectivity index (χ0v) is 16.2. The van der Waals surface area contributed by atoms with Crippen molar-refractivity contribution in [3.05, 3.63) is 59.7 Å². The summed E-state index contributed by atoms with van der Waals surface area (Å²) in [6, 6.07) is 15.7. The van der Waals surface area contributed by atoms with E-state index < -0.39 is 0 Å². The highest BCUT2D eigenvalue weighted by Gasteiger charge is 2.14. The summed E-state index contributed by atoms with van der Waals surface area (Å²) in [5, 5.41) is 2.98. The van der Waals surface area contributed by atoms with E-state index in [4.69, 9.17) is 4.74 Å². The van der Waals surface area contributed by atoms with Crippen molar-refractivity contribution in [2.24, 2.45) is 0 Å². The first-order chi connectivity index (χ1) is 13.1. The lowest BCUT2D eigenvalue weighted by Gasteiger charge is -2.11. The first kappa shape index (κ1) is 19.1. The Morgan fingerprint density at radius 1 is 1.15 bits per heavy atom. The zero-order chi connectivity index (χ0) is 19.2. The van der Waals surface area contributed by atoms with E-state index in [1.807, 2.05) is 55.5 Å². The van der Waals surface area contributed by atoms with E-state index >= 15 is 0 Å². The molecule has 5 heteroatoms. The minimum Gasteiger partial charge on any atom is -0.382 e. The highest BCUT2D eigenvalue weighted by atomic mass is 16.5. The van der Waals surface area contributed by atoms with Gasteiger partial charge in [0.15, 0.2) is 0 Å². The predicted molar refractivity (Wildman–Crippen MR) is 109 cm³/mol. The summed E-state index contributed by atoms with van der Waals surface area (Å²) in [5.41, 5.74) is 3.74. The third-order valence-electron chi connectivity index (χ3n) is 4.59. The Kier molecular flexibility index (Phi) is 6.24. The smallest absolute Gasteiger partial charge is 0.257 e. The average Bonchev–Trinajstić information content (AvgIpc) is 3.02. The van der Waals surface area contributed by atoms with E-state index in [9.17, 15) is 4.79 Å². The van der Waals surface area contributed by atoms with E-state index in [0.29, 0.717) is 30.6 Å². The summed E-state index contributed by atoms with van der Waals surface area (Å²) in [6.45, 7) is 8.40. The fourth-order valence-electron chi connectivity index (χ4n) is 3.06. The van der Waals surface area contributed by atoms with Crippen molar-refractivity contribution < 1.29 is 9.53 Å². The van der Waals surface area contributed by atoms with Crippen LogP contribution in [0.4, 0.5) is 5.95 Å². The lowest BCUT2D eigenvalue weighted by Crippen LogP contribution is -2.16. The molecule has 142 valence electrons. The van der Waals surface area contributed by atoms with E-state index in [2.05, 4.69) is 28.7 Å². The van der Waals surface area contributed by atoms with Crippen LogP contribution in [0.5, 0.6) is 0 Å². The highest BCUT2D eigenvalue weighted by Crippen LogP contribution is 2.21. The highest BCUT2D eigenvalue weighted by molar-refractivity contribution is 6.04. The molecule has 1 aromatic heterocycles. The normalized spacial score (nSPS) is 11.3. The molecule has 3 aromatic rings. The molecule has 1 amide bonds. The van der Waals surface area contributed by atoms with E-state index in [0.717, 1.165) is 24.0 Å². The van der Waals surface area contributed by atoms with Crippen LogP contribution >= 0.6 is 0 Å². The number of aryl methyl sites for hydroxylation is 1. The number of carbonyl (C=O) groups is 1. The minimum atomic E-state index is -0.147. The van der Waals surface area contributed by atoms with Crippen molar-refractivity contribution in [1.29, 1.82) is 0 Å². The van der Waals surface area contributed by atoms with Crippen molar-refractivity contribution in [3.63, 3.8) is 0 Å². The molecule has 0 radical (unpaired) electrons. The lowest BCUT2D eigenvalue weighted by molar-refractivity contribution is 0.102. The largest absolute Gasteiger partial charge is 0.382 e. The van der Waals surface area contributed by atoms with Gasteiger partial charge in [-0.25, -0.2) is 4.98 Å². The van der Waals surface area contributed by atoms with Gasteiger partial charge in [-0.2, -0.15) is 0 Å². The molecule has 5 nitrogen and oxygen atoms in total. The van der Waals surface area contributed by atoms with Crippen LogP contribution in [-0.4, -0.2) is 28.7 Å². The number of nitrogens with one attached hydrogen (secondary N) is 1. The second-order valence-corrected chi connectivity index (χ2v) is 6.86. The number of para-hydroxylation sites is 2. The second-order valence-electron chi connectivity index (χ2n) is 6.86. The van der Waals surface area contributed by atoms with Crippen molar-refractivity contribution in [3.8, 4) is 0 Å². The Labute approximate surface area is 160 Å². The molecule has 0 aliphatic carbocycles. The molecule has 27 heavy (non-hydrogen) atoms. The van der Waals surface area contributed by atoms with Crippen LogP contribution < -0.4 is 5.32 Å². The fourth-order valence-corrected chi connectivity index (χ4v) is 3.06. The van der Waals surface area contributed by atoms with Gasteiger partial charge < -0.3 is 9.30 Å². The maximum Gasteiger partial charge on any atom is 0.257 e. The number of imidazole rings is 1. The monoisotopic (exact) mass is 365 g/mol. The Balaban J connectivity index is 1.81. The van der Waals surface area contributed by atoms with Crippen LogP contribution in [0.15, 0.2) is 48.5 Å². The Bertz CT molecular complexity index is 898. The summed E-state index contributed by atoms with van der Waals surface area (Å²) in [7, 11) is 0. The van der Waals surface area contributed by atoms with Gasteiger partial charge in [0.25, 0.3) is 5.91 Å². The van der Waals surface area contributed by atoms with Gasteiger partial charge in [-0.05, 0) is 49.1 Å². The van der Waals surface area contributed by atoms with Crippen LogP contribution in [0.3, 0.4) is 0 Å². The molecule has 0 bridgehead atoms. The molecule has 1 N–H and O–H groups in total. The zero-order valence-electron chi connectivity index (χ0n) is 16.2. The molecule has 0 saturated heterocycles. The summed E-state index contributed by atoms with van der Waals surface area (Å²) in [6.07, 6.45) is 0.861. The van der Waals surface area contributed by atoms with Gasteiger partial charge in [0.1, 0.15) is 0 Å². The van der Waals surface area contributed by atoms with Crippen LogP contribution in [0, 0.1) is 0 Å². The standard InChI is InChI=1S/C22H27N3O2/c1-4-27-15-7-14-25-20-9-6-5-8-19(20)23-22(25)24-21(26)18-12-10-17(11-13-18)16(2)3/h5-6,8-13,16H,4,7,14-15H2,1-3H3,(H,23,24,26). The van der Waals surface area contributed by atoms with E-state index in [1.54, 1.807) is 0 Å². The van der Waals surface area contributed by atoms with Crippen LogP contribution in [0.25, 0.3) is 11.0 Å². The number of aromatic nitrogens is 2. The molecule has 1 heterocycles. The molecule has 0 aliphatic rings. The van der Waals surface area contributed by atoms with Crippen LogP contribution in [0.1, 0.15) is 49.0 Å². The Morgan fingerprint density at radius 3 is 2.59 bits per heavy atom. The maximum atomic E-state index is 12.7. The number of amides is 1. The third kappa shape index (κ3) is 4.55. The van der Waals surface area contributed by atoms with E-state index in [1.165, 1.54) is 5.56 Å². The topological polar surface area (TPSA) is 56.1 Å². The number of carbonyl (C=O) groups excluding carboxylic acids is 1. The van der Waals surface area contributed by atoms with Crippen LogP contribution in [-0.2, 0) is 11.3 Å². The number of rotatable bonds is 8. The van der Waals surface area contributed by atoms with E-state index in [-0.39, 0.29) is 5.91 Å². The number of ether oxygens (including phenoxy) is 1. The van der Waals surface area contributed by atoms with Gasteiger partial charge in [0.05, 0.1) is 11.0 Å². The third-order valence-corrected chi connectivity index (χ3v) is 4.59. The number of fused-ring (bicyclic) bond motifs is 1. The van der Waals surface area contributed by atoms with Gasteiger partial charge in [-0.3, -0.25) is 10.1 Å². The molecule has 0 fully saturated rings. The minimum absolute atomic E-state index is 0.147. The quantitative estimate of drug-likeness (QED) is 0.581. The van der Waals surface area contributed by atoms with Gasteiger partial charge in [-0.1, -0.05) is 38.1 Å². The van der Waals surface area contributed by atoms with Gasteiger partial charge in [0.2, 0.25) is 5.95 Å². The summed E-state index contributed by atoms with van der Waals surface area (Å²) in [4.78, 5) is 17.3. The molecule has 0 unspecified atom stereocenters. The Morgan fingerprint density at radius 2 is 1.89 bits per heavy atom. The molecule has 3 rings (SSSR count). The first-order valence-corrected chi connectivity index (χ1v) is 9.54. The molecule has 0 atom stereocenters. The van der Waals surface area contributed by atoms with Gasteiger partial charge in [-0.15, -0.1) is 0 Å². The number of hydrogen-bond acceptors (Lipinski definition) is 3. The summed E-state index contributed by atoms with van der Waals surface area (Å²) in [5.74, 6) is 0.869. The average molecular weight is 365 g/mol. The van der Waals surface area contributed by atoms with Gasteiger partial charge in [0, 0.05) is 25.3 Å². The molecule has 0 spiro atoms. The van der Waals surface area contributed by atoms with Crippen LogP contribution in [0.2, 0.25) is 0 Å². The molecular formula is C22H27N3O2. The molecule has 0 aliphatic heterocycles. The number of hydrogen-bond donors (Lipinski definition) is 1. The maximum absolute atomic E-state index is 12.7. The number of benzene rings is 2. The van der Waals surface area contributed by atoms with Crippen molar-refractivity contribution in [1.82, 2.24) is 9.55 Å². The number of nitrogens with zero attached hydrogens (tertiary/aromatic N) is 2. The fraction of sp³-hybridized carbons (Fsp3) is 0.364. The second kappa shape index (κ2) is 8.82. The SMILES string of the molecule is CCOCCCn1c(NC(=O)c2ccc(C(C)C)cc2)nc2ccccc21. The summed E-state index contributed by atoms with van der Waals surface area (Å²) >= 11 is 0. The van der Waals surface area contributed by atoms with Gasteiger partial charge >= 0.3 is 0 Å². The van der Waals surface area contributed by atoms with Crippen molar-refractivity contribution in [2.45, 2.75) is 39.7 Å². The first-order valence-electron chi connectivity index (χ1n) is 9.54. The molecule has 2 aromatic carbocycles. The predicted octanol–water partition coefficient (Wildman–Crippen LogP) is 4.84.